The van der Waals surface area contributed by atoms with E-state index in [1.165, 1.54) is 5.56 Å². The Morgan fingerprint density at radius 3 is 2.35 bits per heavy atom. The van der Waals surface area contributed by atoms with Gasteiger partial charge in [0, 0.05) is 19.1 Å². The number of ether oxygens (including phenoxy) is 1. The predicted octanol–water partition coefficient (Wildman–Crippen LogP) is 4.27. The van der Waals surface area contributed by atoms with E-state index in [1.54, 1.807) is 6.07 Å². The summed E-state index contributed by atoms with van der Waals surface area (Å²) in [5.41, 5.74) is 3.94. The van der Waals surface area contributed by atoms with Crippen molar-refractivity contribution in [2.75, 3.05) is 26.3 Å². The lowest BCUT2D eigenvalue weighted by atomic mass is 10.00. The van der Waals surface area contributed by atoms with Crippen LogP contribution in [-0.2, 0) is 4.74 Å². The largest absolute Gasteiger partial charge is 0.379 e. The highest BCUT2D eigenvalue weighted by Crippen LogP contribution is 2.28. The number of nitrogens with zero attached hydrogens (tertiary/aromatic N) is 2. The Balaban J connectivity index is 1.79. The molecular weight excluding hydrogens is 308 g/mol. The number of nitriles is 1. The van der Waals surface area contributed by atoms with Crippen molar-refractivity contribution >= 4 is 11.6 Å². The van der Waals surface area contributed by atoms with E-state index in [9.17, 15) is 0 Å². The van der Waals surface area contributed by atoms with Crippen LogP contribution in [0.25, 0.3) is 11.1 Å². The van der Waals surface area contributed by atoms with E-state index in [0.717, 1.165) is 37.4 Å². The predicted molar refractivity (Wildman–Crippen MR) is 92.4 cm³/mol. The molecule has 1 fully saturated rings. The molecule has 2 aromatic rings. The van der Waals surface area contributed by atoms with Gasteiger partial charge >= 0.3 is 0 Å². The molecule has 0 spiro atoms. The summed E-state index contributed by atoms with van der Waals surface area (Å²) >= 11 is 6.12. The minimum absolute atomic E-state index is 0.387. The van der Waals surface area contributed by atoms with Crippen molar-refractivity contribution in [2.24, 2.45) is 0 Å². The van der Waals surface area contributed by atoms with Gasteiger partial charge in [-0.2, -0.15) is 5.26 Å². The molecule has 1 heterocycles. The SMILES string of the molecule is C[C@@H](c1ccc(-c2ccc(C#N)c(Cl)c2)cc1)N1CCOCC1. The van der Waals surface area contributed by atoms with Crippen molar-refractivity contribution < 1.29 is 4.74 Å². The number of hydrogen-bond donors (Lipinski definition) is 0. The van der Waals surface area contributed by atoms with E-state index in [0.29, 0.717) is 16.6 Å². The minimum atomic E-state index is 0.387. The zero-order valence-corrected chi connectivity index (χ0v) is 13.9. The van der Waals surface area contributed by atoms with Gasteiger partial charge in [-0.25, -0.2) is 0 Å². The summed E-state index contributed by atoms with van der Waals surface area (Å²) in [6.07, 6.45) is 0. The quantitative estimate of drug-likeness (QED) is 0.845. The minimum Gasteiger partial charge on any atom is -0.379 e. The van der Waals surface area contributed by atoms with Gasteiger partial charge in [-0.05, 0) is 35.7 Å². The maximum atomic E-state index is 8.95. The molecule has 3 nitrogen and oxygen atoms in total. The lowest BCUT2D eigenvalue weighted by molar-refractivity contribution is 0.0198. The van der Waals surface area contributed by atoms with Gasteiger partial charge in [0.05, 0.1) is 23.8 Å². The molecule has 3 rings (SSSR count). The summed E-state index contributed by atoms with van der Waals surface area (Å²) in [6, 6.07) is 16.6. The van der Waals surface area contributed by atoms with Crippen LogP contribution >= 0.6 is 11.6 Å². The first-order valence-corrected chi connectivity index (χ1v) is 8.18. The van der Waals surface area contributed by atoms with Crippen LogP contribution in [-0.4, -0.2) is 31.2 Å². The summed E-state index contributed by atoms with van der Waals surface area (Å²) in [6.45, 7) is 5.82. The summed E-state index contributed by atoms with van der Waals surface area (Å²) in [7, 11) is 0. The van der Waals surface area contributed by atoms with E-state index in [-0.39, 0.29) is 0 Å². The molecule has 0 N–H and O–H groups in total. The number of morpholine rings is 1. The lowest BCUT2D eigenvalue weighted by Crippen LogP contribution is -2.37. The van der Waals surface area contributed by atoms with Crippen LogP contribution in [0.4, 0.5) is 0 Å². The Morgan fingerprint density at radius 1 is 1.09 bits per heavy atom. The smallest absolute Gasteiger partial charge is 0.101 e. The molecule has 118 valence electrons. The van der Waals surface area contributed by atoms with Crippen molar-refractivity contribution in [3.8, 4) is 17.2 Å². The Bertz CT molecular complexity index is 715. The van der Waals surface area contributed by atoms with Crippen LogP contribution in [0.2, 0.25) is 5.02 Å². The first-order valence-electron chi connectivity index (χ1n) is 7.81. The van der Waals surface area contributed by atoms with Gasteiger partial charge in [0.2, 0.25) is 0 Å². The topological polar surface area (TPSA) is 36.3 Å². The summed E-state index contributed by atoms with van der Waals surface area (Å²) in [5.74, 6) is 0. The van der Waals surface area contributed by atoms with Gasteiger partial charge < -0.3 is 4.74 Å². The van der Waals surface area contributed by atoms with Crippen LogP contribution in [0.5, 0.6) is 0 Å². The third kappa shape index (κ3) is 3.56. The van der Waals surface area contributed by atoms with Crippen molar-refractivity contribution in [3.05, 3.63) is 58.6 Å². The normalized spacial score (nSPS) is 16.7. The first kappa shape index (κ1) is 16.0. The average molecular weight is 327 g/mol. The molecule has 0 amide bonds. The molecule has 23 heavy (non-hydrogen) atoms. The monoisotopic (exact) mass is 326 g/mol. The fraction of sp³-hybridized carbons (Fsp3) is 0.316. The molecule has 2 aromatic carbocycles. The zero-order chi connectivity index (χ0) is 16.2. The van der Waals surface area contributed by atoms with Crippen LogP contribution < -0.4 is 0 Å². The van der Waals surface area contributed by atoms with Crippen LogP contribution in [0, 0.1) is 11.3 Å². The van der Waals surface area contributed by atoms with Crippen LogP contribution in [0.15, 0.2) is 42.5 Å². The van der Waals surface area contributed by atoms with E-state index < -0.39 is 0 Å². The fourth-order valence-electron chi connectivity index (χ4n) is 2.92. The van der Waals surface area contributed by atoms with Crippen molar-refractivity contribution in [3.63, 3.8) is 0 Å². The summed E-state index contributed by atoms with van der Waals surface area (Å²) < 4.78 is 5.42. The second kappa shape index (κ2) is 7.14. The molecule has 1 aliphatic heterocycles. The van der Waals surface area contributed by atoms with Crippen molar-refractivity contribution in [2.45, 2.75) is 13.0 Å². The van der Waals surface area contributed by atoms with Crippen molar-refractivity contribution in [1.82, 2.24) is 4.90 Å². The summed E-state index contributed by atoms with van der Waals surface area (Å²) in [4.78, 5) is 2.44. The Hall–Kier alpha value is -1.86. The fourth-order valence-corrected chi connectivity index (χ4v) is 3.14. The van der Waals surface area contributed by atoms with E-state index in [2.05, 4.69) is 42.2 Å². The highest BCUT2D eigenvalue weighted by atomic mass is 35.5. The Kier molecular flexibility index (Phi) is 4.97. The molecule has 1 atom stereocenters. The second-order valence-corrected chi connectivity index (χ2v) is 6.16. The molecule has 0 aliphatic carbocycles. The van der Waals surface area contributed by atoms with Gasteiger partial charge in [0.1, 0.15) is 6.07 Å². The highest BCUT2D eigenvalue weighted by Gasteiger charge is 2.18. The molecule has 1 aliphatic rings. The van der Waals surface area contributed by atoms with Crippen molar-refractivity contribution in [1.29, 1.82) is 5.26 Å². The van der Waals surface area contributed by atoms with E-state index in [1.807, 2.05) is 12.1 Å². The number of benzene rings is 2. The van der Waals surface area contributed by atoms with Crippen LogP contribution in [0.3, 0.4) is 0 Å². The molecule has 0 bridgehead atoms. The second-order valence-electron chi connectivity index (χ2n) is 5.75. The average Bonchev–Trinajstić information content (AvgIpc) is 2.62. The Morgan fingerprint density at radius 2 is 1.74 bits per heavy atom. The molecule has 0 aromatic heterocycles. The number of rotatable bonds is 3. The third-order valence-electron chi connectivity index (χ3n) is 4.41. The molecular formula is C19H19ClN2O. The van der Waals surface area contributed by atoms with Gasteiger partial charge in [0.25, 0.3) is 0 Å². The lowest BCUT2D eigenvalue weighted by Gasteiger charge is -2.32. The maximum absolute atomic E-state index is 8.95. The van der Waals surface area contributed by atoms with Gasteiger partial charge in [-0.1, -0.05) is 41.9 Å². The van der Waals surface area contributed by atoms with Gasteiger partial charge in [0.15, 0.2) is 0 Å². The van der Waals surface area contributed by atoms with Crippen LogP contribution in [0.1, 0.15) is 24.1 Å². The molecule has 0 unspecified atom stereocenters. The Labute approximate surface area is 142 Å². The number of hydrogen-bond acceptors (Lipinski definition) is 3. The third-order valence-corrected chi connectivity index (χ3v) is 4.72. The zero-order valence-electron chi connectivity index (χ0n) is 13.1. The molecule has 4 heteroatoms. The molecule has 0 radical (unpaired) electrons. The highest BCUT2D eigenvalue weighted by molar-refractivity contribution is 6.32. The molecule has 0 saturated carbocycles. The number of halogens is 1. The van der Waals surface area contributed by atoms with E-state index >= 15 is 0 Å². The summed E-state index contributed by atoms with van der Waals surface area (Å²) in [5, 5.41) is 9.45. The first-order chi connectivity index (χ1) is 11.2. The standard InChI is InChI=1S/C19H19ClN2O/c1-14(22-8-10-23-11-9-22)15-2-4-16(5-3-15)17-6-7-18(13-21)19(20)12-17/h2-7,12,14H,8-11H2,1H3/t14-/m0/s1. The van der Waals surface area contributed by atoms with Gasteiger partial charge in [-0.15, -0.1) is 0 Å². The molecule has 1 saturated heterocycles. The van der Waals surface area contributed by atoms with E-state index in [4.69, 9.17) is 21.6 Å². The maximum Gasteiger partial charge on any atom is 0.101 e. The van der Waals surface area contributed by atoms with Gasteiger partial charge in [-0.3, -0.25) is 4.90 Å².